The normalized spacial score (nSPS) is 14.9. The van der Waals surface area contributed by atoms with Crippen LogP contribution < -0.4 is 15.8 Å². The summed E-state index contributed by atoms with van der Waals surface area (Å²) in [5.74, 6) is 2.32. The standard InChI is InChI=1S/C23H31N11O3/c1-15-28-20(31-37-15)12-26-22-21-17(29-23(24)30-22)11-27-34(21)14-18-19(36-2)9-16(10-25-18)13-33-5-3-32(4-6-33)7-8-35/h9-11,35H,3-8,12-14H2,1-2H3,(H3,24,26,29,30). The molecule has 14 nitrogen and oxygen atoms in total. The van der Waals surface area contributed by atoms with Crippen LogP contribution >= 0.6 is 0 Å². The van der Waals surface area contributed by atoms with E-state index in [0.29, 0.717) is 47.4 Å². The van der Waals surface area contributed by atoms with Gasteiger partial charge in [-0.25, -0.2) is 4.98 Å². The monoisotopic (exact) mass is 509 g/mol. The fourth-order valence-electron chi connectivity index (χ4n) is 4.44. The Hall–Kier alpha value is -3.88. The first-order chi connectivity index (χ1) is 18.0. The molecular formula is C23H31N11O3. The van der Waals surface area contributed by atoms with Gasteiger partial charge in [-0.3, -0.25) is 19.5 Å². The Balaban J connectivity index is 1.32. The maximum Gasteiger partial charge on any atom is 0.223 e. The first kappa shape index (κ1) is 24.8. The number of aliphatic hydroxyl groups is 1. The highest BCUT2D eigenvalue weighted by Gasteiger charge is 2.19. The number of nitrogens with one attached hydrogen (secondary N) is 1. The van der Waals surface area contributed by atoms with E-state index in [1.165, 1.54) is 0 Å². The lowest BCUT2D eigenvalue weighted by atomic mass is 10.2. The molecule has 1 fully saturated rings. The van der Waals surface area contributed by atoms with Crippen molar-refractivity contribution in [2.75, 3.05) is 57.5 Å². The molecule has 1 saturated heterocycles. The van der Waals surface area contributed by atoms with E-state index in [9.17, 15) is 0 Å². The molecule has 4 aromatic rings. The number of methoxy groups -OCH3 is 1. The van der Waals surface area contributed by atoms with E-state index >= 15 is 0 Å². The number of pyridine rings is 1. The Morgan fingerprint density at radius 2 is 1.92 bits per heavy atom. The van der Waals surface area contributed by atoms with Crippen molar-refractivity contribution >= 4 is 22.8 Å². The number of nitrogens with zero attached hydrogens (tertiary/aromatic N) is 9. The van der Waals surface area contributed by atoms with E-state index in [1.807, 2.05) is 12.3 Å². The SMILES string of the molecule is COc1cc(CN2CCN(CCO)CC2)cnc1Cn1ncc2nc(N)nc(NCc3noc(C)n3)c21. The summed E-state index contributed by atoms with van der Waals surface area (Å²) in [6.45, 7) is 7.91. The van der Waals surface area contributed by atoms with Crippen molar-refractivity contribution in [3.63, 3.8) is 0 Å². The molecule has 4 N–H and O–H groups in total. The molecule has 1 aliphatic heterocycles. The van der Waals surface area contributed by atoms with Gasteiger partial charge in [0.1, 0.15) is 22.5 Å². The highest BCUT2D eigenvalue weighted by Crippen LogP contribution is 2.25. The van der Waals surface area contributed by atoms with Crippen LogP contribution in [0, 0.1) is 6.92 Å². The van der Waals surface area contributed by atoms with Gasteiger partial charge in [0.15, 0.2) is 11.6 Å². The minimum atomic E-state index is 0.135. The molecule has 5 heterocycles. The number of rotatable bonds is 10. The minimum Gasteiger partial charge on any atom is -0.495 e. The number of piperazine rings is 1. The van der Waals surface area contributed by atoms with Crippen molar-refractivity contribution in [2.24, 2.45) is 0 Å². The van der Waals surface area contributed by atoms with Gasteiger partial charge in [-0.2, -0.15) is 15.1 Å². The summed E-state index contributed by atoms with van der Waals surface area (Å²) < 4.78 is 12.5. The third kappa shape index (κ3) is 5.76. The summed E-state index contributed by atoms with van der Waals surface area (Å²) in [5, 5.41) is 20.8. The Labute approximate surface area is 213 Å². The maximum absolute atomic E-state index is 9.15. The largest absolute Gasteiger partial charge is 0.495 e. The summed E-state index contributed by atoms with van der Waals surface area (Å²) in [6, 6.07) is 2.03. The molecule has 0 aromatic carbocycles. The maximum atomic E-state index is 9.15. The first-order valence-corrected chi connectivity index (χ1v) is 12.1. The van der Waals surface area contributed by atoms with Crippen LogP contribution in [0.15, 0.2) is 23.0 Å². The van der Waals surface area contributed by atoms with Gasteiger partial charge >= 0.3 is 0 Å². The van der Waals surface area contributed by atoms with Crippen molar-refractivity contribution in [1.82, 2.24) is 44.7 Å². The van der Waals surface area contributed by atoms with Gasteiger partial charge in [0.2, 0.25) is 11.8 Å². The second-order valence-electron chi connectivity index (χ2n) is 8.88. The zero-order valence-corrected chi connectivity index (χ0v) is 21.0. The third-order valence-electron chi connectivity index (χ3n) is 6.28. The molecule has 0 radical (unpaired) electrons. The molecule has 0 saturated carbocycles. The van der Waals surface area contributed by atoms with Gasteiger partial charge in [-0.05, 0) is 11.6 Å². The van der Waals surface area contributed by atoms with Crippen molar-refractivity contribution < 1.29 is 14.4 Å². The lowest BCUT2D eigenvalue weighted by Gasteiger charge is -2.34. The lowest BCUT2D eigenvalue weighted by Crippen LogP contribution is -2.46. The molecule has 14 heteroatoms. The first-order valence-electron chi connectivity index (χ1n) is 12.1. The van der Waals surface area contributed by atoms with Crippen LogP contribution in [-0.4, -0.2) is 96.2 Å². The Bertz CT molecular complexity index is 1350. The average molecular weight is 510 g/mol. The Morgan fingerprint density at radius 1 is 1.11 bits per heavy atom. The van der Waals surface area contributed by atoms with Crippen LogP contribution in [0.2, 0.25) is 0 Å². The number of nitrogens with two attached hydrogens (primary N) is 1. The summed E-state index contributed by atoms with van der Waals surface area (Å²) in [7, 11) is 1.64. The Kier molecular flexibility index (Phi) is 7.39. The van der Waals surface area contributed by atoms with E-state index in [4.69, 9.17) is 25.1 Å². The average Bonchev–Trinajstić information content (AvgIpc) is 3.50. The van der Waals surface area contributed by atoms with Crippen LogP contribution in [0.4, 0.5) is 11.8 Å². The number of aryl methyl sites for hydroxylation is 1. The van der Waals surface area contributed by atoms with Gasteiger partial charge in [0.05, 0.1) is 33.0 Å². The van der Waals surface area contributed by atoms with Crippen LogP contribution in [0.1, 0.15) is 23.0 Å². The van der Waals surface area contributed by atoms with Crippen molar-refractivity contribution in [3.05, 3.63) is 41.4 Å². The fourth-order valence-corrected chi connectivity index (χ4v) is 4.44. The van der Waals surface area contributed by atoms with Gasteiger partial charge < -0.3 is 25.4 Å². The number of nitrogen functional groups attached to an aromatic ring is 1. The summed E-state index contributed by atoms with van der Waals surface area (Å²) in [5.41, 5.74) is 9.03. The number of hydrogen-bond donors (Lipinski definition) is 3. The predicted molar refractivity (Wildman–Crippen MR) is 135 cm³/mol. The van der Waals surface area contributed by atoms with Gasteiger partial charge in [-0.1, -0.05) is 5.16 Å². The van der Waals surface area contributed by atoms with Crippen LogP contribution in [0.3, 0.4) is 0 Å². The molecule has 4 aromatic heterocycles. The second-order valence-corrected chi connectivity index (χ2v) is 8.88. The molecule has 196 valence electrons. The molecule has 0 atom stereocenters. The van der Waals surface area contributed by atoms with Crippen LogP contribution in [0.25, 0.3) is 11.0 Å². The number of anilines is 2. The van der Waals surface area contributed by atoms with Gasteiger partial charge in [0.25, 0.3) is 0 Å². The minimum absolute atomic E-state index is 0.135. The van der Waals surface area contributed by atoms with E-state index in [0.717, 1.165) is 50.5 Å². The van der Waals surface area contributed by atoms with E-state index in [1.54, 1.807) is 24.9 Å². The second kappa shape index (κ2) is 11.0. The summed E-state index contributed by atoms with van der Waals surface area (Å²) in [6.07, 6.45) is 3.53. The van der Waals surface area contributed by atoms with Crippen LogP contribution in [-0.2, 0) is 19.6 Å². The lowest BCUT2D eigenvalue weighted by molar-refractivity contribution is 0.108. The van der Waals surface area contributed by atoms with Crippen molar-refractivity contribution in [3.8, 4) is 5.75 Å². The Morgan fingerprint density at radius 3 is 2.65 bits per heavy atom. The highest BCUT2D eigenvalue weighted by molar-refractivity contribution is 5.86. The van der Waals surface area contributed by atoms with Crippen LogP contribution in [0.5, 0.6) is 5.75 Å². The molecule has 0 aliphatic carbocycles. The summed E-state index contributed by atoms with van der Waals surface area (Å²) >= 11 is 0. The molecule has 5 rings (SSSR count). The molecule has 37 heavy (non-hydrogen) atoms. The van der Waals surface area contributed by atoms with E-state index in [2.05, 4.69) is 40.3 Å². The molecule has 0 amide bonds. The molecule has 0 unspecified atom stereocenters. The quantitative estimate of drug-likeness (QED) is 0.266. The van der Waals surface area contributed by atoms with Crippen molar-refractivity contribution in [1.29, 1.82) is 0 Å². The fraction of sp³-hybridized carbons (Fsp3) is 0.478. The zero-order chi connectivity index (χ0) is 25.8. The molecule has 0 bridgehead atoms. The highest BCUT2D eigenvalue weighted by atomic mass is 16.5. The number of aliphatic hydroxyl groups excluding tert-OH is 1. The predicted octanol–water partition coefficient (Wildman–Crippen LogP) is 0.274. The topological polar surface area (TPSA) is 169 Å². The number of aromatic nitrogens is 7. The smallest absolute Gasteiger partial charge is 0.223 e. The number of fused-ring (bicyclic) bond motifs is 1. The zero-order valence-electron chi connectivity index (χ0n) is 21.0. The number of ether oxygens (including phenoxy) is 1. The van der Waals surface area contributed by atoms with Crippen molar-refractivity contribution in [2.45, 2.75) is 26.6 Å². The molecule has 1 aliphatic rings. The number of β-amino-alcohol motifs (C(OH)–C–C–N with tert-alkyl or cyclic N) is 1. The molecule has 0 spiro atoms. The third-order valence-corrected chi connectivity index (χ3v) is 6.28. The molecular weight excluding hydrogens is 478 g/mol. The summed E-state index contributed by atoms with van der Waals surface area (Å²) in [4.78, 5) is 22.3. The number of hydrogen-bond acceptors (Lipinski definition) is 13. The van der Waals surface area contributed by atoms with Gasteiger partial charge in [-0.15, -0.1) is 0 Å². The van der Waals surface area contributed by atoms with E-state index < -0.39 is 0 Å². The van der Waals surface area contributed by atoms with E-state index in [-0.39, 0.29) is 12.6 Å². The van der Waals surface area contributed by atoms with Gasteiger partial charge in [0, 0.05) is 52.4 Å².